The Morgan fingerprint density at radius 1 is 1.09 bits per heavy atom. The molecule has 0 aliphatic rings. The molecule has 0 saturated carbocycles. The summed E-state index contributed by atoms with van der Waals surface area (Å²) in [5, 5.41) is 3.15. The molecule has 0 amide bonds. The van der Waals surface area contributed by atoms with Gasteiger partial charge in [-0.15, -0.1) is 0 Å². The molecule has 32 heavy (non-hydrogen) atoms. The van der Waals surface area contributed by atoms with E-state index in [9.17, 15) is 12.8 Å². The molecule has 7 heteroatoms. The minimum Gasteiger partial charge on any atom is -0.467 e. The van der Waals surface area contributed by atoms with Crippen molar-refractivity contribution < 1.29 is 17.2 Å². The number of halogens is 1. The highest BCUT2D eigenvalue weighted by atomic mass is 32.2. The Labute approximate surface area is 189 Å². The average molecular weight is 457 g/mol. The van der Waals surface area contributed by atoms with E-state index in [1.807, 2.05) is 44.2 Å². The van der Waals surface area contributed by atoms with Gasteiger partial charge in [-0.1, -0.05) is 12.1 Å². The number of allylic oxidation sites excluding steroid dienone is 1. The van der Waals surface area contributed by atoms with Crippen molar-refractivity contribution in [2.45, 2.75) is 47.2 Å². The Kier molecular flexibility index (Phi) is 7.21. The van der Waals surface area contributed by atoms with Crippen LogP contribution in [0.25, 0.3) is 17.2 Å². The van der Waals surface area contributed by atoms with Crippen LogP contribution in [0, 0.1) is 19.7 Å². The second kappa shape index (κ2) is 9.71. The predicted molar refractivity (Wildman–Crippen MR) is 128 cm³/mol. The first-order valence-electron chi connectivity index (χ1n) is 10.4. The molecular formula is C25H29FN2O3S. The SMILES string of the molecule is CC(=Cc1cc(C)c(-c2ccc(NCc3ccco3)cc2F)cc1C)S(=O)(=O)NC(C)C. The highest BCUT2D eigenvalue weighted by Crippen LogP contribution is 2.31. The summed E-state index contributed by atoms with van der Waals surface area (Å²) in [7, 11) is -3.55. The van der Waals surface area contributed by atoms with E-state index >= 15 is 0 Å². The number of nitrogens with one attached hydrogen (secondary N) is 2. The lowest BCUT2D eigenvalue weighted by atomic mass is 9.94. The smallest absolute Gasteiger partial charge is 0.236 e. The van der Waals surface area contributed by atoms with Gasteiger partial charge in [0.25, 0.3) is 0 Å². The molecule has 3 rings (SSSR count). The van der Waals surface area contributed by atoms with E-state index in [4.69, 9.17) is 4.42 Å². The Morgan fingerprint density at radius 2 is 1.84 bits per heavy atom. The number of anilines is 1. The van der Waals surface area contributed by atoms with Crippen molar-refractivity contribution in [1.29, 1.82) is 0 Å². The summed E-state index contributed by atoms with van der Waals surface area (Å²) in [6.07, 6.45) is 3.25. The van der Waals surface area contributed by atoms with Gasteiger partial charge in [-0.2, -0.15) is 0 Å². The zero-order valence-corrected chi connectivity index (χ0v) is 19.8. The van der Waals surface area contributed by atoms with Crippen LogP contribution in [0.15, 0.2) is 58.1 Å². The van der Waals surface area contributed by atoms with Crippen LogP contribution >= 0.6 is 0 Å². The second-order valence-electron chi connectivity index (χ2n) is 8.18. The van der Waals surface area contributed by atoms with Crippen LogP contribution in [-0.4, -0.2) is 14.5 Å². The van der Waals surface area contributed by atoms with E-state index in [-0.39, 0.29) is 16.8 Å². The molecule has 0 unspecified atom stereocenters. The zero-order valence-electron chi connectivity index (χ0n) is 19.0. The third-order valence-electron chi connectivity index (χ3n) is 5.09. The van der Waals surface area contributed by atoms with Crippen LogP contribution in [-0.2, 0) is 16.6 Å². The normalized spacial score (nSPS) is 12.4. The van der Waals surface area contributed by atoms with E-state index in [2.05, 4.69) is 10.0 Å². The monoisotopic (exact) mass is 456 g/mol. The minimum absolute atomic E-state index is 0.187. The largest absolute Gasteiger partial charge is 0.467 e. The topological polar surface area (TPSA) is 71.3 Å². The number of rotatable bonds is 8. The Bertz CT molecular complexity index is 1230. The van der Waals surface area contributed by atoms with Crippen molar-refractivity contribution in [1.82, 2.24) is 4.72 Å². The highest BCUT2D eigenvalue weighted by molar-refractivity contribution is 7.93. The molecule has 3 aromatic rings. The molecule has 0 aliphatic heterocycles. The molecule has 1 aromatic heterocycles. The van der Waals surface area contributed by atoms with Crippen molar-refractivity contribution in [2.24, 2.45) is 0 Å². The molecule has 0 bridgehead atoms. The fraction of sp³-hybridized carbons (Fsp3) is 0.280. The Hall–Kier alpha value is -2.90. The molecule has 1 heterocycles. The molecular weight excluding hydrogens is 427 g/mol. The van der Waals surface area contributed by atoms with Crippen LogP contribution < -0.4 is 10.0 Å². The standard InChI is InChI=1S/C25H29FN2O3S/c1-16(2)28-32(29,30)19(5)13-20-11-18(4)24(12-17(20)3)23-9-8-21(14-25(23)26)27-15-22-7-6-10-31-22/h6-14,16,27-28H,15H2,1-5H3. The summed E-state index contributed by atoms with van der Waals surface area (Å²) < 4.78 is 47.6. The van der Waals surface area contributed by atoms with Crippen LogP contribution in [0.3, 0.4) is 0 Å². The summed E-state index contributed by atoms with van der Waals surface area (Å²) in [6, 6.07) is 12.3. The first kappa shape index (κ1) is 23.8. The van der Waals surface area contributed by atoms with Crippen LogP contribution in [0.1, 0.15) is 43.2 Å². The Morgan fingerprint density at radius 3 is 2.47 bits per heavy atom. The predicted octanol–water partition coefficient (Wildman–Crippen LogP) is 6.00. The van der Waals surface area contributed by atoms with Crippen molar-refractivity contribution in [3.63, 3.8) is 0 Å². The van der Waals surface area contributed by atoms with Crippen LogP contribution in [0.5, 0.6) is 0 Å². The third-order valence-corrected chi connectivity index (χ3v) is 6.84. The molecule has 0 saturated heterocycles. The highest BCUT2D eigenvalue weighted by Gasteiger charge is 2.16. The lowest BCUT2D eigenvalue weighted by Crippen LogP contribution is -2.30. The van der Waals surface area contributed by atoms with E-state index < -0.39 is 10.0 Å². The van der Waals surface area contributed by atoms with Gasteiger partial charge in [-0.05, 0) is 93.3 Å². The van der Waals surface area contributed by atoms with E-state index in [1.165, 1.54) is 6.07 Å². The molecule has 0 atom stereocenters. The third kappa shape index (κ3) is 5.66. The maximum absolute atomic E-state index is 14.9. The second-order valence-corrected chi connectivity index (χ2v) is 10.1. The van der Waals surface area contributed by atoms with Crippen molar-refractivity contribution in [3.05, 3.63) is 81.9 Å². The van der Waals surface area contributed by atoms with Crippen molar-refractivity contribution in [2.75, 3.05) is 5.32 Å². The Balaban J connectivity index is 1.87. The fourth-order valence-corrected chi connectivity index (χ4v) is 4.52. The molecule has 0 spiro atoms. The summed E-state index contributed by atoms with van der Waals surface area (Å²) in [6.45, 7) is 9.38. The number of hydrogen-bond donors (Lipinski definition) is 2. The number of furan rings is 1. The maximum atomic E-state index is 14.9. The van der Waals surface area contributed by atoms with Crippen molar-refractivity contribution >= 4 is 21.8 Å². The molecule has 5 nitrogen and oxygen atoms in total. The zero-order chi connectivity index (χ0) is 23.5. The van der Waals surface area contributed by atoms with Gasteiger partial charge in [0.2, 0.25) is 10.0 Å². The quantitative estimate of drug-likeness (QED) is 0.436. The number of hydrogen-bond acceptors (Lipinski definition) is 4. The maximum Gasteiger partial charge on any atom is 0.236 e. The van der Waals surface area contributed by atoms with Crippen LogP contribution in [0.2, 0.25) is 0 Å². The van der Waals surface area contributed by atoms with Gasteiger partial charge in [0.1, 0.15) is 11.6 Å². The summed E-state index contributed by atoms with van der Waals surface area (Å²) in [5.74, 6) is 0.436. The summed E-state index contributed by atoms with van der Waals surface area (Å²) in [4.78, 5) is 0.236. The van der Waals surface area contributed by atoms with Gasteiger partial charge in [-0.3, -0.25) is 0 Å². The van der Waals surface area contributed by atoms with E-state index in [1.54, 1.807) is 39.2 Å². The van der Waals surface area contributed by atoms with Gasteiger partial charge in [-0.25, -0.2) is 17.5 Å². The van der Waals surface area contributed by atoms with Gasteiger partial charge in [0.15, 0.2) is 0 Å². The van der Waals surface area contributed by atoms with Gasteiger partial charge in [0, 0.05) is 17.3 Å². The molecule has 2 N–H and O–H groups in total. The lowest BCUT2D eigenvalue weighted by Gasteiger charge is -2.14. The van der Waals surface area contributed by atoms with E-state index in [0.717, 1.165) is 28.0 Å². The lowest BCUT2D eigenvalue weighted by molar-refractivity contribution is 0.518. The number of benzene rings is 2. The number of sulfonamides is 1. The van der Waals surface area contributed by atoms with Gasteiger partial charge in [0.05, 0.1) is 17.7 Å². The summed E-state index contributed by atoms with van der Waals surface area (Å²) >= 11 is 0. The molecule has 2 aromatic carbocycles. The number of aryl methyl sites for hydroxylation is 2. The first-order chi connectivity index (χ1) is 15.1. The average Bonchev–Trinajstić information content (AvgIpc) is 3.22. The van der Waals surface area contributed by atoms with Crippen molar-refractivity contribution in [3.8, 4) is 11.1 Å². The van der Waals surface area contributed by atoms with Crippen LogP contribution in [0.4, 0.5) is 10.1 Å². The molecule has 0 fully saturated rings. The van der Waals surface area contributed by atoms with Gasteiger partial charge >= 0.3 is 0 Å². The fourth-order valence-electron chi connectivity index (χ4n) is 3.43. The van der Waals surface area contributed by atoms with Gasteiger partial charge < -0.3 is 9.73 Å². The van der Waals surface area contributed by atoms with E-state index in [0.29, 0.717) is 17.8 Å². The molecule has 0 radical (unpaired) electrons. The molecule has 0 aliphatic carbocycles. The molecule has 170 valence electrons. The minimum atomic E-state index is -3.55. The first-order valence-corrected chi connectivity index (χ1v) is 11.9. The summed E-state index contributed by atoms with van der Waals surface area (Å²) in [5.41, 5.74) is 4.44.